The first-order valence-electron chi connectivity index (χ1n) is 7.35. The summed E-state index contributed by atoms with van der Waals surface area (Å²) in [6.45, 7) is 0. The van der Waals surface area contributed by atoms with Gasteiger partial charge in [0.15, 0.2) is 21.5 Å². The van der Waals surface area contributed by atoms with Gasteiger partial charge in [-0.25, -0.2) is 21.6 Å². The summed E-state index contributed by atoms with van der Waals surface area (Å²) in [7, 11) is -4.17. The quantitative estimate of drug-likeness (QED) is 0.565. The number of rotatable bonds is 7. The van der Waals surface area contributed by atoms with Crippen molar-refractivity contribution in [2.24, 2.45) is 5.73 Å². The van der Waals surface area contributed by atoms with Crippen LogP contribution in [0.1, 0.15) is 33.3 Å². The molecule has 2 aromatic rings. The van der Waals surface area contributed by atoms with Crippen molar-refractivity contribution >= 4 is 27.3 Å². The molecule has 26 heavy (non-hydrogen) atoms. The zero-order valence-electron chi connectivity index (χ0n) is 13.3. The Morgan fingerprint density at radius 3 is 2.35 bits per heavy atom. The van der Waals surface area contributed by atoms with Gasteiger partial charge >= 0.3 is 0 Å². The highest BCUT2D eigenvalue weighted by Gasteiger charge is 2.35. The number of benzene rings is 1. The topological polar surface area (TPSA) is 90.1 Å². The Kier molecular flexibility index (Phi) is 6.25. The van der Waals surface area contributed by atoms with Crippen molar-refractivity contribution in [3.8, 4) is 0 Å². The zero-order chi connectivity index (χ0) is 19.5. The maximum atomic E-state index is 14.3. The van der Waals surface area contributed by atoms with Gasteiger partial charge in [0.25, 0.3) is 5.91 Å². The molecule has 0 aliphatic rings. The van der Waals surface area contributed by atoms with Crippen LogP contribution in [0, 0.1) is 17.5 Å². The van der Waals surface area contributed by atoms with Crippen LogP contribution in [-0.2, 0) is 9.84 Å². The van der Waals surface area contributed by atoms with E-state index in [1.54, 1.807) is 0 Å². The van der Waals surface area contributed by atoms with Crippen molar-refractivity contribution in [1.82, 2.24) is 4.98 Å². The SMILES string of the molecule is NC(=O)c1ccc(C(c2c(F)ccc(F)c2F)S(=O)(=O)CCCCl)cn1. The molecular formula is C16H14ClF3N2O3S. The summed E-state index contributed by atoms with van der Waals surface area (Å²) in [5.41, 5.74) is 3.82. The second-order valence-corrected chi connectivity index (χ2v) is 7.97. The average molecular weight is 407 g/mol. The van der Waals surface area contributed by atoms with Crippen LogP contribution >= 0.6 is 11.6 Å². The number of aromatic nitrogens is 1. The second-order valence-electron chi connectivity index (χ2n) is 5.39. The summed E-state index contributed by atoms with van der Waals surface area (Å²) in [6.07, 6.45) is 0.999. The van der Waals surface area contributed by atoms with Crippen LogP contribution in [0.15, 0.2) is 30.5 Å². The van der Waals surface area contributed by atoms with E-state index in [0.717, 1.165) is 18.3 Å². The first-order chi connectivity index (χ1) is 12.2. The Balaban J connectivity index is 2.68. The van der Waals surface area contributed by atoms with Crippen LogP contribution in [0.5, 0.6) is 0 Å². The zero-order valence-corrected chi connectivity index (χ0v) is 14.8. The molecule has 2 rings (SSSR count). The highest BCUT2D eigenvalue weighted by molar-refractivity contribution is 7.91. The molecule has 140 valence electrons. The van der Waals surface area contributed by atoms with Crippen molar-refractivity contribution < 1.29 is 26.4 Å². The standard InChI is InChI=1S/C16H14ClF3N2O3S/c17-6-1-7-26(24,25)15(9-2-5-12(16(21)23)22-8-9)13-10(18)3-4-11(19)14(13)20/h2-5,8,15H,1,6-7H2,(H2,21,23). The van der Waals surface area contributed by atoms with Crippen molar-refractivity contribution in [3.05, 3.63) is 64.7 Å². The number of hydrogen-bond donors (Lipinski definition) is 1. The third-order valence-electron chi connectivity index (χ3n) is 3.60. The number of carbonyl (C=O) groups is 1. The predicted molar refractivity (Wildman–Crippen MR) is 90.0 cm³/mol. The van der Waals surface area contributed by atoms with E-state index < -0.39 is 49.8 Å². The van der Waals surface area contributed by atoms with E-state index in [0.29, 0.717) is 12.1 Å². The van der Waals surface area contributed by atoms with E-state index in [2.05, 4.69) is 4.98 Å². The fourth-order valence-corrected chi connectivity index (χ4v) is 4.62. The Labute approximate surface area is 152 Å². The fourth-order valence-electron chi connectivity index (χ4n) is 2.42. The van der Waals surface area contributed by atoms with Gasteiger partial charge < -0.3 is 5.73 Å². The molecule has 0 saturated heterocycles. The van der Waals surface area contributed by atoms with E-state index in [4.69, 9.17) is 17.3 Å². The molecule has 0 aliphatic carbocycles. The second kappa shape index (κ2) is 8.05. The molecule has 10 heteroatoms. The van der Waals surface area contributed by atoms with Gasteiger partial charge in [-0.3, -0.25) is 9.78 Å². The van der Waals surface area contributed by atoms with Gasteiger partial charge in [0.05, 0.1) is 5.75 Å². The van der Waals surface area contributed by atoms with E-state index in [1.807, 2.05) is 0 Å². The van der Waals surface area contributed by atoms with Crippen LogP contribution in [0.3, 0.4) is 0 Å². The molecule has 0 aliphatic heterocycles. The molecule has 0 fully saturated rings. The summed E-state index contributed by atoms with van der Waals surface area (Å²) in [4.78, 5) is 14.8. The Hall–Kier alpha value is -2.13. The fraction of sp³-hybridized carbons (Fsp3) is 0.250. The van der Waals surface area contributed by atoms with Crippen molar-refractivity contribution in [3.63, 3.8) is 0 Å². The van der Waals surface area contributed by atoms with Gasteiger partial charge in [-0.05, 0) is 30.2 Å². The van der Waals surface area contributed by atoms with Gasteiger partial charge in [0.1, 0.15) is 16.8 Å². The number of nitrogens with zero attached hydrogens (tertiary/aromatic N) is 1. The number of nitrogens with two attached hydrogens (primary N) is 1. The summed E-state index contributed by atoms with van der Waals surface area (Å²) in [5, 5.41) is -1.85. The maximum absolute atomic E-state index is 14.3. The minimum Gasteiger partial charge on any atom is -0.364 e. The minimum atomic E-state index is -4.17. The molecule has 0 saturated carbocycles. The van der Waals surface area contributed by atoms with Gasteiger partial charge in [-0.2, -0.15) is 0 Å². The number of pyridine rings is 1. The summed E-state index contributed by atoms with van der Waals surface area (Å²) >= 11 is 5.51. The van der Waals surface area contributed by atoms with E-state index in [1.165, 1.54) is 0 Å². The monoisotopic (exact) mass is 406 g/mol. The maximum Gasteiger partial charge on any atom is 0.267 e. The third-order valence-corrected chi connectivity index (χ3v) is 5.96. The van der Waals surface area contributed by atoms with Crippen LogP contribution in [0.2, 0.25) is 0 Å². The number of sulfone groups is 1. The van der Waals surface area contributed by atoms with E-state index in [9.17, 15) is 26.4 Å². The first-order valence-corrected chi connectivity index (χ1v) is 9.60. The largest absolute Gasteiger partial charge is 0.364 e. The molecular weight excluding hydrogens is 393 g/mol. The van der Waals surface area contributed by atoms with Gasteiger partial charge in [0.2, 0.25) is 0 Å². The molecule has 0 spiro atoms. The lowest BCUT2D eigenvalue weighted by molar-refractivity contribution is 0.0995. The minimum absolute atomic E-state index is 0.0128. The summed E-state index contributed by atoms with van der Waals surface area (Å²) in [6, 6.07) is 3.48. The number of primary amides is 1. The Morgan fingerprint density at radius 1 is 1.15 bits per heavy atom. The smallest absolute Gasteiger partial charge is 0.267 e. The lowest BCUT2D eigenvalue weighted by Gasteiger charge is -2.20. The Morgan fingerprint density at radius 2 is 1.81 bits per heavy atom. The Bertz CT molecular complexity index is 921. The molecule has 1 atom stereocenters. The molecule has 2 N–H and O–H groups in total. The van der Waals surface area contributed by atoms with Crippen LogP contribution in [0.25, 0.3) is 0 Å². The number of hydrogen-bond acceptors (Lipinski definition) is 4. The lowest BCUT2D eigenvalue weighted by Crippen LogP contribution is -2.22. The highest BCUT2D eigenvalue weighted by Crippen LogP contribution is 2.35. The molecule has 1 aromatic carbocycles. The van der Waals surface area contributed by atoms with Gasteiger partial charge in [-0.15, -0.1) is 11.6 Å². The van der Waals surface area contributed by atoms with Crippen LogP contribution in [-0.4, -0.2) is 30.9 Å². The molecule has 0 radical (unpaired) electrons. The van der Waals surface area contributed by atoms with E-state index >= 15 is 0 Å². The highest BCUT2D eigenvalue weighted by atomic mass is 35.5. The molecule has 1 aromatic heterocycles. The van der Waals surface area contributed by atoms with Crippen LogP contribution < -0.4 is 5.73 Å². The summed E-state index contributed by atoms with van der Waals surface area (Å²) in [5.74, 6) is -5.54. The number of carbonyl (C=O) groups excluding carboxylic acids is 1. The van der Waals surface area contributed by atoms with Crippen molar-refractivity contribution in [1.29, 1.82) is 0 Å². The predicted octanol–water partition coefficient (Wildman–Crippen LogP) is 2.73. The number of alkyl halides is 1. The summed E-state index contributed by atoms with van der Waals surface area (Å²) < 4.78 is 67.5. The number of amides is 1. The normalized spacial score (nSPS) is 12.8. The van der Waals surface area contributed by atoms with Gasteiger partial charge in [0, 0.05) is 17.6 Å². The lowest BCUT2D eigenvalue weighted by atomic mass is 10.0. The number of halogens is 4. The van der Waals surface area contributed by atoms with Crippen molar-refractivity contribution in [2.45, 2.75) is 11.7 Å². The van der Waals surface area contributed by atoms with E-state index in [-0.39, 0.29) is 23.6 Å². The molecule has 1 heterocycles. The molecule has 0 bridgehead atoms. The average Bonchev–Trinajstić information content (AvgIpc) is 2.60. The van der Waals surface area contributed by atoms with Crippen LogP contribution in [0.4, 0.5) is 13.2 Å². The first kappa shape index (κ1) is 20.2. The molecule has 5 nitrogen and oxygen atoms in total. The molecule has 1 amide bonds. The van der Waals surface area contributed by atoms with Gasteiger partial charge in [-0.1, -0.05) is 6.07 Å². The molecule has 1 unspecified atom stereocenters. The van der Waals surface area contributed by atoms with Crippen molar-refractivity contribution in [2.75, 3.05) is 11.6 Å². The third kappa shape index (κ3) is 4.16.